The number of nitrogens with zero attached hydrogens (tertiary/aromatic N) is 3. The van der Waals surface area contributed by atoms with Gasteiger partial charge in [0.25, 0.3) is 0 Å². The lowest BCUT2D eigenvalue weighted by Gasteiger charge is -2.32. The van der Waals surface area contributed by atoms with Crippen molar-refractivity contribution in [3.63, 3.8) is 0 Å². The van der Waals surface area contributed by atoms with E-state index in [9.17, 15) is 0 Å². The Morgan fingerprint density at radius 1 is 1.17 bits per heavy atom. The molecule has 2 aliphatic heterocycles. The van der Waals surface area contributed by atoms with Gasteiger partial charge in [0, 0.05) is 63.0 Å². The van der Waals surface area contributed by atoms with E-state index in [2.05, 4.69) is 32.6 Å². The maximum Gasteiger partial charge on any atom is 0.194 e. The number of hydrogen-bond donors (Lipinski definition) is 1. The van der Waals surface area contributed by atoms with E-state index in [0.29, 0.717) is 6.04 Å². The Labute approximate surface area is 194 Å². The maximum absolute atomic E-state index is 5.51. The van der Waals surface area contributed by atoms with Crippen molar-refractivity contribution in [1.82, 2.24) is 15.1 Å². The van der Waals surface area contributed by atoms with E-state index in [0.717, 1.165) is 77.0 Å². The molecule has 0 bridgehead atoms. The quantitative estimate of drug-likeness (QED) is 0.339. The molecule has 2 aromatic heterocycles. The van der Waals surface area contributed by atoms with Gasteiger partial charge in [-0.1, -0.05) is 6.07 Å². The number of thiophene rings is 1. The van der Waals surface area contributed by atoms with E-state index in [1.807, 2.05) is 23.5 Å². The second kappa shape index (κ2) is 11.9. The van der Waals surface area contributed by atoms with Gasteiger partial charge in [-0.2, -0.15) is 0 Å². The Bertz CT molecular complexity index is 717. The summed E-state index contributed by atoms with van der Waals surface area (Å²) >= 11 is 1.81. The van der Waals surface area contributed by atoms with Crippen LogP contribution in [0.5, 0.6) is 0 Å². The van der Waals surface area contributed by atoms with Gasteiger partial charge in [-0.25, -0.2) is 0 Å². The van der Waals surface area contributed by atoms with E-state index in [-0.39, 0.29) is 24.0 Å². The summed E-state index contributed by atoms with van der Waals surface area (Å²) in [6.45, 7) is 7.59. The first-order valence-corrected chi connectivity index (χ1v) is 11.2. The first-order chi connectivity index (χ1) is 13.9. The van der Waals surface area contributed by atoms with Crippen molar-refractivity contribution in [1.29, 1.82) is 0 Å². The van der Waals surface area contributed by atoms with E-state index in [4.69, 9.17) is 14.1 Å². The molecular weight excluding hydrogens is 499 g/mol. The largest absolute Gasteiger partial charge is 0.469 e. The molecule has 0 aliphatic carbocycles. The molecule has 0 spiro atoms. The van der Waals surface area contributed by atoms with Crippen LogP contribution in [0.3, 0.4) is 0 Å². The molecule has 6 nitrogen and oxygen atoms in total. The number of hydrogen-bond acceptors (Lipinski definition) is 5. The zero-order chi connectivity index (χ0) is 19.0. The fourth-order valence-electron chi connectivity index (χ4n) is 3.92. The minimum atomic E-state index is 0. The van der Waals surface area contributed by atoms with Crippen molar-refractivity contribution < 1.29 is 9.15 Å². The highest BCUT2D eigenvalue weighted by atomic mass is 127. The van der Waals surface area contributed by atoms with Crippen LogP contribution in [0.2, 0.25) is 0 Å². The molecule has 8 heteroatoms. The zero-order valence-corrected chi connectivity index (χ0v) is 19.9. The van der Waals surface area contributed by atoms with Crippen molar-refractivity contribution in [2.24, 2.45) is 4.99 Å². The molecule has 2 aliphatic rings. The maximum atomic E-state index is 5.51. The first-order valence-electron chi connectivity index (χ1n) is 10.3. The van der Waals surface area contributed by atoms with Crippen LogP contribution >= 0.6 is 35.3 Å². The van der Waals surface area contributed by atoms with E-state index >= 15 is 0 Å². The van der Waals surface area contributed by atoms with Gasteiger partial charge < -0.3 is 19.4 Å². The Balaban J connectivity index is 0.00000240. The van der Waals surface area contributed by atoms with E-state index in [1.165, 1.54) is 11.3 Å². The monoisotopic (exact) mass is 530 g/mol. The molecule has 4 rings (SSSR count). The van der Waals surface area contributed by atoms with Gasteiger partial charge in [-0.3, -0.25) is 9.89 Å². The van der Waals surface area contributed by atoms with Gasteiger partial charge in [0.15, 0.2) is 5.96 Å². The summed E-state index contributed by atoms with van der Waals surface area (Å²) in [4.78, 5) is 11.3. The summed E-state index contributed by atoms with van der Waals surface area (Å²) in [6.07, 6.45) is 4.81. The second-order valence-corrected chi connectivity index (χ2v) is 8.36. The number of rotatable bonds is 7. The minimum absolute atomic E-state index is 0. The van der Waals surface area contributed by atoms with Crippen molar-refractivity contribution in [3.8, 4) is 0 Å². The molecule has 0 amide bonds. The summed E-state index contributed by atoms with van der Waals surface area (Å²) in [7, 11) is 0. The third-order valence-electron chi connectivity index (χ3n) is 5.46. The number of furan rings is 1. The summed E-state index contributed by atoms with van der Waals surface area (Å²) in [5, 5.41) is 5.71. The first kappa shape index (κ1) is 22.6. The fourth-order valence-corrected chi connectivity index (χ4v) is 4.62. The molecule has 2 aromatic rings. The van der Waals surface area contributed by atoms with Crippen molar-refractivity contribution >= 4 is 41.3 Å². The lowest BCUT2D eigenvalue weighted by atomic mass is 10.2. The van der Waals surface area contributed by atoms with Crippen LogP contribution in [0.1, 0.15) is 17.1 Å². The summed E-state index contributed by atoms with van der Waals surface area (Å²) in [6, 6.07) is 8.88. The standard InChI is InChI=1S/C21H30N4O2S.HI/c1-3-19(27-13-1)5-8-22-21(23-9-6-20-4-2-16-28-20)25-10-7-18(17-25)24-11-14-26-15-12-24;/h1-4,13,16,18H,5-12,14-15,17H2,(H,22,23);1H. The predicted octanol–water partition coefficient (Wildman–Crippen LogP) is 3.10. The summed E-state index contributed by atoms with van der Waals surface area (Å²) in [5.41, 5.74) is 0. The number of guanidine groups is 1. The average molecular weight is 530 g/mol. The third-order valence-corrected chi connectivity index (χ3v) is 6.40. The minimum Gasteiger partial charge on any atom is -0.469 e. The van der Waals surface area contributed by atoms with Crippen molar-refractivity contribution in [2.45, 2.75) is 25.3 Å². The Morgan fingerprint density at radius 2 is 2.07 bits per heavy atom. The van der Waals surface area contributed by atoms with Crippen molar-refractivity contribution in [3.05, 3.63) is 46.5 Å². The van der Waals surface area contributed by atoms with Gasteiger partial charge in [0.1, 0.15) is 5.76 Å². The lowest BCUT2D eigenvalue weighted by Crippen LogP contribution is -2.47. The van der Waals surface area contributed by atoms with Crippen LogP contribution < -0.4 is 5.32 Å². The molecule has 160 valence electrons. The Morgan fingerprint density at radius 3 is 2.83 bits per heavy atom. The highest BCUT2D eigenvalue weighted by Gasteiger charge is 2.30. The number of ether oxygens (including phenoxy) is 1. The number of morpholine rings is 1. The SMILES string of the molecule is I.c1coc(CCNC(=NCCc2cccs2)N2CCC(N3CCOCC3)C2)c1. The van der Waals surface area contributed by atoms with Crippen LogP contribution in [0.4, 0.5) is 0 Å². The van der Waals surface area contributed by atoms with E-state index in [1.54, 1.807) is 6.26 Å². The van der Waals surface area contributed by atoms with Gasteiger partial charge in [0.2, 0.25) is 0 Å². The predicted molar refractivity (Wildman–Crippen MR) is 129 cm³/mol. The molecule has 2 fully saturated rings. The molecule has 2 saturated heterocycles. The average Bonchev–Trinajstić information content (AvgIpc) is 3.49. The van der Waals surface area contributed by atoms with Crippen LogP contribution in [-0.2, 0) is 17.6 Å². The molecule has 29 heavy (non-hydrogen) atoms. The Hall–Kier alpha value is -1.10. The van der Waals surface area contributed by atoms with Crippen LogP contribution in [0, 0.1) is 0 Å². The molecule has 1 atom stereocenters. The number of aliphatic imine (C=N–C) groups is 1. The summed E-state index contributed by atoms with van der Waals surface area (Å²) < 4.78 is 11.0. The van der Waals surface area contributed by atoms with Gasteiger partial charge in [-0.05, 0) is 30.0 Å². The van der Waals surface area contributed by atoms with Crippen molar-refractivity contribution in [2.75, 3.05) is 52.5 Å². The smallest absolute Gasteiger partial charge is 0.194 e. The normalized spacial score (nSPS) is 20.6. The van der Waals surface area contributed by atoms with Crippen LogP contribution in [0.25, 0.3) is 0 Å². The fraction of sp³-hybridized carbons (Fsp3) is 0.571. The molecular formula is C21H31IN4O2S. The van der Waals surface area contributed by atoms with Gasteiger partial charge in [0.05, 0.1) is 19.5 Å². The highest BCUT2D eigenvalue weighted by molar-refractivity contribution is 14.0. The number of nitrogens with one attached hydrogen (secondary N) is 1. The van der Waals surface area contributed by atoms with Gasteiger partial charge in [-0.15, -0.1) is 35.3 Å². The third kappa shape index (κ3) is 6.70. The Kier molecular flexibility index (Phi) is 9.29. The molecule has 4 heterocycles. The number of halogens is 1. The molecule has 0 saturated carbocycles. The topological polar surface area (TPSA) is 53.2 Å². The lowest BCUT2D eigenvalue weighted by molar-refractivity contribution is 0.0195. The second-order valence-electron chi connectivity index (χ2n) is 7.33. The van der Waals surface area contributed by atoms with E-state index < -0.39 is 0 Å². The zero-order valence-electron chi connectivity index (χ0n) is 16.8. The highest BCUT2D eigenvalue weighted by Crippen LogP contribution is 2.17. The van der Waals surface area contributed by atoms with Crippen LogP contribution in [-0.4, -0.2) is 74.3 Å². The number of likely N-dealkylation sites (tertiary alicyclic amines) is 1. The molecule has 1 N–H and O–H groups in total. The van der Waals surface area contributed by atoms with Gasteiger partial charge >= 0.3 is 0 Å². The molecule has 0 radical (unpaired) electrons. The molecule has 1 unspecified atom stereocenters. The van der Waals surface area contributed by atoms with Crippen LogP contribution in [0.15, 0.2) is 45.3 Å². The molecule has 0 aromatic carbocycles. The summed E-state index contributed by atoms with van der Waals surface area (Å²) in [5.74, 6) is 2.05.